The van der Waals surface area contributed by atoms with Gasteiger partial charge >= 0.3 is 0 Å². The second kappa shape index (κ2) is 9.49. The number of rotatable bonds is 8. The van der Waals surface area contributed by atoms with E-state index in [2.05, 4.69) is 10.6 Å². The van der Waals surface area contributed by atoms with Gasteiger partial charge in [0.25, 0.3) is 0 Å². The minimum Gasteiger partial charge on any atom is -0.368 e. The fourth-order valence-corrected chi connectivity index (χ4v) is 2.30. The van der Waals surface area contributed by atoms with Gasteiger partial charge in [-0.2, -0.15) is 0 Å². The Kier molecular flexibility index (Phi) is 8.01. The molecule has 1 aromatic rings. The number of amides is 3. The third-order valence-corrected chi connectivity index (χ3v) is 4.02. The van der Waals surface area contributed by atoms with Crippen LogP contribution in [0, 0.1) is 5.92 Å². The zero-order valence-electron chi connectivity index (χ0n) is 13.2. The largest absolute Gasteiger partial charge is 0.368 e. The van der Waals surface area contributed by atoms with Crippen molar-refractivity contribution in [2.45, 2.75) is 32.4 Å². The van der Waals surface area contributed by atoms with Crippen molar-refractivity contribution in [2.75, 3.05) is 4.43 Å². The molecule has 0 fully saturated rings. The minimum atomic E-state index is -0.817. The first kappa shape index (κ1) is 19.4. The van der Waals surface area contributed by atoms with Gasteiger partial charge in [-0.3, -0.25) is 14.4 Å². The summed E-state index contributed by atoms with van der Waals surface area (Å²) in [6.07, 6.45) is 0.312. The topological polar surface area (TPSA) is 101 Å². The molecular weight excluding hydrogens is 409 g/mol. The summed E-state index contributed by atoms with van der Waals surface area (Å²) in [5.74, 6) is -1.34. The smallest absolute Gasteiger partial charge is 0.243 e. The molecule has 6 nitrogen and oxygen atoms in total. The zero-order valence-corrected chi connectivity index (χ0v) is 15.4. The summed E-state index contributed by atoms with van der Waals surface area (Å²) in [6.45, 7) is 3.66. The SMILES string of the molecule is CC(C)[C@H](NC(=O)CI)C(=O)N[C@@H](Cc1ccccc1)C(N)=O. The maximum atomic E-state index is 12.4. The maximum Gasteiger partial charge on any atom is 0.243 e. The molecule has 0 aliphatic carbocycles. The van der Waals surface area contributed by atoms with Crippen molar-refractivity contribution in [3.63, 3.8) is 0 Å². The van der Waals surface area contributed by atoms with E-state index in [1.54, 1.807) is 0 Å². The van der Waals surface area contributed by atoms with E-state index in [1.807, 2.05) is 66.8 Å². The Bertz CT molecular complexity index is 549. The highest BCUT2D eigenvalue weighted by molar-refractivity contribution is 14.1. The Morgan fingerprint density at radius 3 is 2.22 bits per heavy atom. The molecule has 7 heteroatoms. The van der Waals surface area contributed by atoms with Crippen LogP contribution in [0.3, 0.4) is 0 Å². The van der Waals surface area contributed by atoms with Gasteiger partial charge in [0, 0.05) is 6.42 Å². The molecule has 0 unspecified atom stereocenters. The summed E-state index contributed by atoms with van der Waals surface area (Å²) >= 11 is 1.93. The van der Waals surface area contributed by atoms with Crippen molar-refractivity contribution in [3.8, 4) is 0 Å². The average Bonchev–Trinajstić information content (AvgIpc) is 2.52. The first-order chi connectivity index (χ1) is 10.8. The molecule has 1 aromatic carbocycles. The molecule has 2 atom stereocenters. The molecule has 0 bridgehead atoms. The van der Waals surface area contributed by atoms with Gasteiger partial charge in [-0.15, -0.1) is 0 Å². The monoisotopic (exact) mass is 431 g/mol. The number of nitrogens with two attached hydrogens (primary N) is 1. The number of carbonyl (C=O) groups excluding carboxylic acids is 3. The van der Waals surface area contributed by atoms with Gasteiger partial charge in [-0.1, -0.05) is 66.8 Å². The average molecular weight is 431 g/mol. The highest BCUT2D eigenvalue weighted by Gasteiger charge is 2.27. The van der Waals surface area contributed by atoms with E-state index < -0.39 is 23.9 Å². The van der Waals surface area contributed by atoms with Gasteiger partial charge in [0.05, 0.1) is 4.43 Å². The summed E-state index contributed by atoms with van der Waals surface area (Å²) in [5, 5.41) is 5.31. The van der Waals surface area contributed by atoms with Gasteiger partial charge in [0.1, 0.15) is 12.1 Å². The lowest BCUT2D eigenvalue weighted by Crippen LogP contribution is -2.55. The molecule has 4 N–H and O–H groups in total. The van der Waals surface area contributed by atoms with Crippen LogP contribution in [0.5, 0.6) is 0 Å². The first-order valence-electron chi connectivity index (χ1n) is 7.34. The standard InChI is InChI=1S/C16H22IN3O3/c1-10(2)14(20-13(21)9-17)16(23)19-12(15(18)22)8-11-6-4-3-5-7-11/h3-7,10,12,14H,8-9H2,1-2H3,(H2,18,22)(H,19,23)(H,20,21)/t12-,14-/m0/s1. The number of halogens is 1. The van der Waals surface area contributed by atoms with Crippen molar-refractivity contribution < 1.29 is 14.4 Å². The fraction of sp³-hybridized carbons (Fsp3) is 0.438. The van der Waals surface area contributed by atoms with Crippen LogP contribution in [-0.2, 0) is 20.8 Å². The number of nitrogens with one attached hydrogen (secondary N) is 2. The quantitative estimate of drug-likeness (QED) is 0.419. The molecule has 0 radical (unpaired) electrons. The lowest BCUT2D eigenvalue weighted by Gasteiger charge is -2.24. The summed E-state index contributed by atoms with van der Waals surface area (Å²) in [7, 11) is 0. The first-order valence-corrected chi connectivity index (χ1v) is 8.86. The zero-order chi connectivity index (χ0) is 17.4. The molecule has 0 aromatic heterocycles. The number of primary amides is 1. The summed E-state index contributed by atoms with van der Waals surface area (Å²) in [5.41, 5.74) is 6.29. The van der Waals surface area contributed by atoms with E-state index in [0.29, 0.717) is 6.42 Å². The highest BCUT2D eigenvalue weighted by atomic mass is 127. The third-order valence-electron chi connectivity index (χ3n) is 3.33. The van der Waals surface area contributed by atoms with E-state index in [1.165, 1.54) is 0 Å². The van der Waals surface area contributed by atoms with Crippen LogP contribution in [0.2, 0.25) is 0 Å². The number of hydrogen-bond donors (Lipinski definition) is 3. The number of alkyl halides is 1. The Balaban J connectivity index is 2.79. The Morgan fingerprint density at radius 2 is 1.74 bits per heavy atom. The molecule has 0 aliphatic heterocycles. The molecule has 0 spiro atoms. The van der Waals surface area contributed by atoms with Crippen molar-refractivity contribution in [2.24, 2.45) is 11.7 Å². The fourth-order valence-electron chi connectivity index (χ4n) is 2.08. The Morgan fingerprint density at radius 1 is 1.13 bits per heavy atom. The minimum absolute atomic E-state index is 0.104. The summed E-state index contributed by atoms with van der Waals surface area (Å²) < 4.78 is 0.261. The van der Waals surface area contributed by atoms with Crippen molar-refractivity contribution >= 4 is 40.3 Å². The van der Waals surface area contributed by atoms with E-state index in [0.717, 1.165) is 5.56 Å². The lowest BCUT2D eigenvalue weighted by atomic mass is 10.0. The van der Waals surface area contributed by atoms with Gasteiger partial charge < -0.3 is 16.4 Å². The van der Waals surface area contributed by atoms with E-state index in [9.17, 15) is 14.4 Å². The molecule has 126 valence electrons. The van der Waals surface area contributed by atoms with Crippen molar-refractivity contribution in [1.82, 2.24) is 10.6 Å². The predicted molar refractivity (Wildman–Crippen MR) is 96.9 cm³/mol. The Hall–Kier alpha value is -1.64. The van der Waals surface area contributed by atoms with E-state index in [-0.39, 0.29) is 16.3 Å². The van der Waals surface area contributed by atoms with Crippen LogP contribution in [-0.4, -0.2) is 34.2 Å². The van der Waals surface area contributed by atoms with Crippen LogP contribution in [0.4, 0.5) is 0 Å². The number of carbonyl (C=O) groups is 3. The molecule has 23 heavy (non-hydrogen) atoms. The van der Waals surface area contributed by atoms with E-state index >= 15 is 0 Å². The van der Waals surface area contributed by atoms with Gasteiger partial charge in [0.2, 0.25) is 17.7 Å². The van der Waals surface area contributed by atoms with Crippen LogP contribution in [0.1, 0.15) is 19.4 Å². The van der Waals surface area contributed by atoms with Gasteiger partial charge in [-0.05, 0) is 11.5 Å². The summed E-state index contributed by atoms with van der Waals surface area (Å²) in [4.78, 5) is 35.6. The predicted octanol–water partition coefficient (Wildman–Crippen LogP) is 0.775. The van der Waals surface area contributed by atoms with Crippen molar-refractivity contribution in [3.05, 3.63) is 35.9 Å². The van der Waals surface area contributed by atoms with Crippen LogP contribution in [0.25, 0.3) is 0 Å². The molecule has 3 amide bonds. The Labute approximate surface area is 149 Å². The van der Waals surface area contributed by atoms with Crippen LogP contribution in [0.15, 0.2) is 30.3 Å². The highest BCUT2D eigenvalue weighted by Crippen LogP contribution is 2.06. The van der Waals surface area contributed by atoms with Crippen molar-refractivity contribution in [1.29, 1.82) is 0 Å². The number of hydrogen-bond acceptors (Lipinski definition) is 3. The van der Waals surface area contributed by atoms with E-state index in [4.69, 9.17) is 5.73 Å². The maximum absolute atomic E-state index is 12.4. The second-order valence-corrected chi connectivity index (χ2v) is 6.34. The van der Waals surface area contributed by atoms with Gasteiger partial charge in [0.15, 0.2) is 0 Å². The number of benzene rings is 1. The molecular formula is C16H22IN3O3. The molecule has 0 heterocycles. The van der Waals surface area contributed by atoms with Crippen LogP contribution < -0.4 is 16.4 Å². The molecule has 1 rings (SSSR count). The van der Waals surface area contributed by atoms with Crippen LogP contribution >= 0.6 is 22.6 Å². The normalized spacial score (nSPS) is 13.2. The lowest BCUT2D eigenvalue weighted by molar-refractivity contribution is -0.131. The second-order valence-electron chi connectivity index (χ2n) is 5.58. The molecule has 0 saturated carbocycles. The summed E-state index contributed by atoms with van der Waals surface area (Å²) in [6, 6.07) is 7.78. The van der Waals surface area contributed by atoms with Gasteiger partial charge in [-0.25, -0.2) is 0 Å². The molecule has 0 aliphatic rings. The molecule has 0 saturated heterocycles. The third kappa shape index (κ3) is 6.55.